The van der Waals surface area contributed by atoms with E-state index in [2.05, 4.69) is 19.2 Å². The molecular formula is C13H20FNS. The van der Waals surface area contributed by atoms with Gasteiger partial charge in [-0.3, -0.25) is 0 Å². The van der Waals surface area contributed by atoms with Crippen molar-refractivity contribution in [3.8, 4) is 0 Å². The molecule has 16 heavy (non-hydrogen) atoms. The SMILES string of the molecule is CCCCNCC(C)Sc1cccc(F)c1. The van der Waals surface area contributed by atoms with Gasteiger partial charge in [0.25, 0.3) is 0 Å². The van der Waals surface area contributed by atoms with Gasteiger partial charge in [-0.1, -0.05) is 26.3 Å². The highest BCUT2D eigenvalue weighted by Gasteiger charge is 2.04. The van der Waals surface area contributed by atoms with E-state index in [-0.39, 0.29) is 5.82 Å². The Balaban J connectivity index is 2.25. The van der Waals surface area contributed by atoms with Crippen LogP contribution >= 0.6 is 11.8 Å². The first-order valence-corrected chi connectivity index (χ1v) is 6.73. The molecule has 0 fully saturated rings. The Bertz CT molecular complexity index is 304. The van der Waals surface area contributed by atoms with E-state index in [9.17, 15) is 4.39 Å². The van der Waals surface area contributed by atoms with Crippen molar-refractivity contribution >= 4 is 11.8 Å². The summed E-state index contributed by atoms with van der Waals surface area (Å²) in [5, 5.41) is 3.88. The minimum absolute atomic E-state index is 0.156. The first-order chi connectivity index (χ1) is 7.72. The van der Waals surface area contributed by atoms with Gasteiger partial charge < -0.3 is 5.32 Å². The summed E-state index contributed by atoms with van der Waals surface area (Å²) in [7, 11) is 0. The van der Waals surface area contributed by atoms with E-state index in [1.807, 2.05) is 6.07 Å². The highest BCUT2D eigenvalue weighted by molar-refractivity contribution is 8.00. The van der Waals surface area contributed by atoms with Crippen molar-refractivity contribution in [3.63, 3.8) is 0 Å². The zero-order valence-corrected chi connectivity index (χ0v) is 10.8. The summed E-state index contributed by atoms with van der Waals surface area (Å²) < 4.78 is 12.9. The lowest BCUT2D eigenvalue weighted by atomic mass is 10.3. The van der Waals surface area contributed by atoms with Gasteiger partial charge in [-0.2, -0.15) is 0 Å². The number of hydrogen-bond acceptors (Lipinski definition) is 2. The molecule has 1 aromatic carbocycles. The molecule has 0 aliphatic rings. The third-order valence-electron chi connectivity index (χ3n) is 2.27. The number of hydrogen-bond donors (Lipinski definition) is 1. The van der Waals surface area contributed by atoms with E-state index in [1.165, 1.54) is 18.9 Å². The molecule has 1 aromatic rings. The van der Waals surface area contributed by atoms with Crippen LogP contribution in [0.1, 0.15) is 26.7 Å². The van der Waals surface area contributed by atoms with E-state index in [0.717, 1.165) is 18.0 Å². The molecule has 0 bridgehead atoms. The fraction of sp³-hybridized carbons (Fsp3) is 0.538. The Morgan fingerprint density at radius 2 is 2.25 bits per heavy atom. The Kier molecular flexibility index (Phi) is 6.50. The molecule has 0 aromatic heterocycles. The zero-order chi connectivity index (χ0) is 11.8. The van der Waals surface area contributed by atoms with Crippen molar-refractivity contribution in [2.75, 3.05) is 13.1 Å². The van der Waals surface area contributed by atoms with Crippen LogP contribution in [0.15, 0.2) is 29.2 Å². The third kappa shape index (κ3) is 5.52. The van der Waals surface area contributed by atoms with Crippen LogP contribution < -0.4 is 5.32 Å². The number of thioether (sulfide) groups is 1. The van der Waals surface area contributed by atoms with Crippen LogP contribution in [0.4, 0.5) is 4.39 Å². The summed E-state index contributed by atoms with van der Waals surface area (Å²) in [4.78, 5) is 1.00. The Labute approximate surface area is 102 Å². The summed E-state index contributed by atoms with van der Waals surface area (Å²) in [6, 6.07) is 6.78. The summed E-state index contributed by atoms with van der Waals surface area (Å²) in [6.45, 7) is 6.40. The first-order valence-electron chi connectivity index (χ1n) is 5.85. The largest absolute Gasteiger partial charge is 0.316 e. The second-order valence-corrected chi connectivity index (χ2v) is 5.46. The highest BCUT2D eigenvalue weighted by Crippen LogP contribution is 2.23. The maximum atomic E-state index is 12.9. The first kappa shape index (κ1) is 13.5. The van der Waals surface area contributed by atoms with Gasteiger partial charge in [0.1, 0.15) is 5.82 Å². The normalized spacial score (nSPS) is 12.7. The zero-order valence-electron chi connectivity index (χ0n) is 10.0. The molecule has 0 saturated heterocycles. The Morgan fingerprint density at radius 3 is 2.94 bits per heavy atom. The van der Waals surface area contributed by atoms with Crippen molar-refractivity contribution in [1.82, 2.24) is 5.32 Å². The van der Waals surface area contributed by atoms with Gasteiger partial charge in [0.15, 0.2) is 0 Å². The van der Waals surface area contributed by atoms with Crippen LogP contribution in [0.2, 0.25) is 0 Å². The average Bonchev–Trinajstić information content (AvgIpc) is 2.24. The molecule has 0 heterocycles. The van der Waals surface area contributed by atoms with Crippen LogP contribution in [-0.4, -0.2) is 18.3 Å². The standard InChI is InChI=1S/C13H20FNS/c1-3-4-8-15-10-11(2)16-13-7-5-6-12(14)9-13/h5-7,9,11,15H,3-4,8,10H2,1-2H3. The lowest BCUT2D eigenvalue weighted by molar-refractivity contribution is 0.623. The Hall–Kier alpha value is -0.540. The maximum Gasteiger partial charge on any atom is 0.124 e. The molecule has 90 valence electrons. The molecule has 0 aliphatic heterocycles. The summed E-state index contributed by atoms with van der Waals surface area (Å²) in [6.07, 6.45) is 2.44. The third-order valence-corrected chi connectivity index (χ3v) is 3.37. The number of rotatable bonds is 7. The van der Waals surface area contributed by atoms with Gasteiger partial charge >= 0.3 is 0 Å². The lowest BCUT2D eigenvalue weighted by Gasteiger charge is -2.12. The summed E-state index contributed by atoms with van der Waals surface area (Å²) >= 11 is 1.71. The smallest absolute Gasteiger partial charge is 0.124 e. The predicted molar refractivity (Wildman–Crippen MR) is 69.5 cm³/mol. The van der Waals surface area contributed by atoms with Crippen LogP contribution in [0.25, 0.3) is 0 Å². The van der Waals surface area contributed by atoms with E-state index in [4.69, 9.17) is 0 Å². The molecule has 0 saturated carbocycles. The molecule has 0 aliphatic carbocycles. The van der Waals surface area contributed by atoms with Gasteiger partial charge in [0.05, 0.1) is 0 Å². The van der Waals surface area contributed by atoms with Gasteiger partial charge in [-0.25, -0.2) is 4.39 Å². The van der Waals surface area contributed by atoms with Crippen LogP contribution in [0.5, 0.6) is 0 Å². The number of nitrogens with one attached hydrogen (secondary N) is 1. The number of unbranched alkanes of at least 4 members (excludes halogenated alkanes) is 1. The summed E-state index contributed by atoms with van der Waals surface area (Å²) in [5.74, 6) is -0.156. The Morgan fingerprint density at radius 1 is 1.44 bits per heavy atom. The summed E-state index contributed by atoms with van der Waals surface area (Å²) in [5.41, 5.74) is 0. The predicted octanol–water partition coefficient (Wildman–Crippen LogP) is 3.70. The maximum absolute atomic E-state index is 12.9. The van der Waals surface area contributed by atoms with Crippen molar-refractivity contribution in [3.05, 3.63) is 30.1 Å². The topological polar surface area (TPSA) is 12.0 Å². The van der Waals surface area contributed by atoms with Crippen molar-refractivity contribution in [2.24, 2.45) is 0 Å². The fourth-order valence-electron chi connectivity index (χ4n) is 1.42. The van der Waals surface area contributed by atoms with E-state index < -0.39 is 0 Å². The van der Waals surface area contributed by atoms with Crippen LogP contribution in [0, 0.1) is 5.82 Å². The quantitative estimate of drug-likeness (QED) is 0.577. The van der Waals surface area contributed by atoms with Crippen LogP contribution in [-0.2, 0) is 0 Å². The number of benzene rings is 1. The molecular weight excluding hydrogens is 221 g/mol. The highest BCUT2D eigenvalue weighted by atomic mass is 32.2. The fourth-order valence-corrected chi connectivity index (χ4v) is 2.42. The number of halogens is 1. The molecule has 1 N–H and O–H groups in total. The minimum Gasteiger partial charge on any atom is -0.316 e. The monoisotopic (exact) mass is 241 g/mol. The van der Waals surface area contributed by atoms with E-state index >= 15 is 0 Å². The lowest BCUT2D eigenvalue weighted by Crippen LogP contribution is -2.23. The second-order valence-electron chi connectivity index (χ2n) is 3.94. The molecule has 1 rings (SSSR count). The molecule has 1 unspecified atom stereocenters. The molecule has 0 spiro atoms. The van der Waals surface area contributed by atoms with E-state index in [1.54, 1.807) is 23.9 Å². The van der Waals surface area contributed by atoms with Crippen LogP contribution in [0.3, 0.4) is 0 Å². The molecule has 1 atom stereocenters. The van der Waals surface area contributed by atoms with Gasteiger partial charge in [0, 0.05) is 16.7 Å². The molecule has 0 amide bonds. The second kappa shape index (κ2) is 7.69. The van der Waals surface area contributed by atoms with Gasteiger partial charge in [-0.05, 0) is 31.2 Å². The average molecular weight is 241 g/mol. The van der Waals surface area contributed by atoms with Crippen molar-refractivity contribution < 1.29 is 4.39 Å². The van der Waals surface area contributed by atoms with E-state index in [0.29, 0.717) is 5.25 Å². The van der Waals surface area contributed by atoms with Crippen molar-refractivity contribution in [1.29, 1.82) is 0 Å². The minimum atomic E-state index is -0.156. The molecule has 3 heteroatoms. The molecule has 0 radical (unpaired) electrons. The van der Waals surface area contributed by atoms with Gasteiger partial charge in [-0.15, -0.1) is 11.8 Å². The van der Waals surface area contributed by atoms with Gasteiger partial charge in [0.2, 0.25) is 0 Å². The van der Waals surface area contributed by atoms with Crippen molar-refractivity contribution in [2.45, 2.75) is 36.8 Å². The molecule has 1 nitrogen and oxygen atoms in total.